The van der Waals surface area contributed by atoms with E-state index in [0.717, 1.165) is 75.6 Å². The Kier molecular flexibility index (Phi) is 12.7. The SMILES string of the molecule is Cc1cc(Nc2nc(N[C@@H]3CCCCC3N)nc3cc[nH]c(=O)c23)cc(C(F)(F)F)c1.Cc1cc(Nc2nc(N[C@H]3CCCC[C@H]3N)nc3cc[nH]c(=O)c23)cc(C(F)(F)F)c1. The van der Waals surface area contributed by atoms with Crippen LogP contribution in [-0.4, -0.2) is 54.1 Å². The van der Waals surface area contributed by atoms with Gasteiger partial charge in [0.05, 0.1) is 22.2 Å². The van der Waals surface area contributed by atoms with Gasteiger partial charge >= 0.3 is 12.4 Å². The lowest BCUT2D eigenvalue weighted by Gasteiger charge is -2.29. The Labute approximate surface area is 350 Å². The van der Waals surface area contributed by atoms with Gasteiger partial charge in [0.1, 0.15) is 22.4 Å². The summed E-state index contributed by atoms with van der Waals surface area (Å²) < 4.78 is 79.4. The molecule has 0 radical (unpaired) electrons. The number of H-pyrrole nitrogens is 2. The molecule has 2 aliphatic carbocycles. The van der Waals surface area contributed by atoms with Gasteiger partial charge in [-0.3, -0.25) is 9.59 Å². The number of aromatic nitrogens is 6. The van der Waals surface area contributed by atoms with Gasteiger partial charge in [0.15, 0.2) is 0 Å². The van der Waals surface area contributed by atoms with E-state index < -0.39 is 34.6 Å². The molecule has 20 heteroatoms. The number of nitrogens with zero attached hydrogens (tertiary/aromatic N) is 4. The molecule has 10 N–H and O–H groups in total. The molecule has 2 saturated carbocycles. The number of alkyl halides is 6. The van der Waals surface area contributed by atoms with Gasteiger partial charge in [0.25, 0.3) is 11.1 Å². The minimum Gasteiger partial charge on any atom is -0.350 e. The minimum absolute atomic E-state index is 0.0168. The molecule has 4 aromatic heterocycles. The predicted octanol–water partition coefficient (Wildman–Crippen LogP) is 8.14. The Morgan fingerprint density at radius 1 is 0.581 bits per heavy atom. The first-order valence-corrected chi connectivity index (χ1v) is 20.2. The van der Waals surface area contributed by atoms with Crippen molar-refractivity contribution >= 4 is 56.7 Å². The van der Waals surface area contributed by atoms with E-state index >= 15 is 0 Å². The monoisotopic (exact) mass is 864 g/mol. The van der Waals surface area contributed by atoms with Crippen molar-refractivity contribution in [2.45, 2.75) is 102 Å². The summed E-state index contributed by atoms with van der Waals surface area (Å²) in [6.45, 7) is 3.14. The molecule has 4 atom stereocenters. The van der Waals surface area contributed by atoms with Gasteiger partial charge in [0.2, 0.25) is 11.9 Å². The molecule has 0 bridgehead atoms. The van der Waals surface area contributed by atoms with Gasteiger partial charge in [-0.2, -0.15) is 36.3 Å². The van der Waals surface area contributed by atoms with E-state index in [-0.39, 0.29) is 69.8 Å². The summed E-state index contributed by atoms with van der Waals surface area (Å²) in [7, 11) is 0. The summed E-state index contributed by atoms with van der Waals surface area (Å²) in [5.41, 5.74) is 11.9. The number of anilines is 6. The van der Waals surface area contributed by atoms with Crippen LogP contribution in [0.1, 0.15) is 73.6 Å². The van der Waals surface area contributed by atoms with Gasteiger partial charge in [0, 0.05) is 47.9 Å². The summed E-state index contributed by atoms with van der Waals surface area (Å²) in [6.07, 6.45) is 1.66. The number of halogens is 6. The molecule has 4 heterocycles. The molecule has 0 aliphatic heterocycles. The number of benzene rings is 2. The molecule has 14 nitrogen and oxygen atoms in total. The van der Waals surface area contributed by atoms with Crippen LogP contribution < -0.4 is 43.9 Å². The largest absolute Gasteiger partial charge is 0.416 e. The number of nitrogens with one attached hydrogen (secondary N) is 6. The van der Waals surface area contributed by atoms with Crippen LogP contribution in [0.2, 0.25) is 0 Å². The van der Waals surface area contributed by atoms with Gasteiger partial charge in [-0.1, -0.05) is 25.7 Å². The maximum absolute atomic E-state index is 13.2. The van der Waals surface area contributed by atoms with E-state index in [1.807, 2.05) is 0 Å². The standard InChI is InChI=1S/2C21H23F3N6O/c2*1-11-8-12(21(22,23)24)10-13(9-11)27-18-17-16(6-7-26-19(17)31)29-20(30-18)28-15-5-3-2-4-14(15)25/h2*6-10,14-15H,2-5,25H2,1H3,(H,26,31)(H2,27,28,29,30)/t14?,15-;14-,15+/m11/s1. The maximum atomic E-state index is 13.2. The summed E-state index contributed by atoms with van der Waals surface area (Å²) in [5.74, 6) is 0.785. The first-order chi connectivity index (χ1) is 29.4. The second-order valence-corrected chi connectivity index (χ2v) is 15.7. The zero-order valence-corrected chi connectivity index (χ0v) is 33.8. The Bertz CT molecular complexity index is 2500. The summed E-state index contributed by atoms with van der Waals surface area (Å²) in [4.78, 5) is 47.7. The van der Waals surface area contributed by atoms with E-state index in [1.165, 1.54) is 12.4 Å². The fourth-order valence-corrected chi connectivity index (χ4v) is 7.81. The zero-order chi connectivity index (χ0) is 44.3. The third-order valence-corrected chi connectivity index (χ3v) is 10.8. The quantitative estimate of drug-likeness (QED) is 0.0681. The molecular weight excluding hydrogens is 819 g/mol. The van der Waals surface area contributed by atoms with Crippen LogP contribution >= 0.6 is 0 Å². The van der Waals surface area contributed by atoms with Crippen LogP contribution in [0.3, 0.4) is 0 Å². The van der Waals surface area contributed by atoms with Crippen molar-refractivity contribution in [3.05, 3.63) is 104 Å². The van der Waals surface area contributed by atoms with E-state index in [9.17, 15) is 35.9 Å². The van der Waals surface area contributed by atoms with Crippen LogP contribution in [0.4, 0.5) is 61.2 Å². The fraction of sp³-hybridized carbons (Fsp3) is 0.381. The number of hydrogen-bond donors (Lipinski definition) is 8. The van der Waals surface area contributed by atoms with Crippen LogP contribution in [0.15, 0.2) is 70.5 Å². The molecule has 2 aliphatic rings. The first kappa shape index (κ1) is 43.8. The number of fused-ring (bicyclic) bond motifs is 2. The molecule has 1 unspecified atom stereocenters. The maximum Gasteiger partial charge on any atom is 0.416 e. The Morgan fingerprint density at radius 3 is 1.34 bits per heavy atom. The number of hydrogen-bond acceptors (Lipinski definition) is 12. The van der Waals surface area contributed by atoms with Crippen molar-refractivity contribution in [1.29, 1.82) is 0 Å². The summed E-state index contributed by atoms with van der Waals surface area (Å²) in [5, 5.41) is 12.6. The highest BCUT2D eigenvalue weighted by atomic mass is 19.4. The molecule has 8 rings (SSSR count). The van der Waals surface area contributed by atoms with E-state index in [2.05, 4.69) is 51.2 Å². The Balaban J connectivity index is 0.000000186. The van der Waals surface area contributed by atoms with Crippen LogP contribution in [0.25, 0.3) is 21.8 Å². The summed E-state index contributed by atoms with van der Waals surface area (Å²) >= 11 is 0. The van der Waals surface area contributed by atoms with Crippen molar-refractivity contribution in [3.63, 3.8) is 0 Å². The third kappa shape index (κ3) is 10.4. The normalized spacial score (nSPS) is 19.4. The summed E-state index contributed by atoms with van der Waals surface area (Å²) in [6, 6.07) is 10.3. The van der Waals surface area contributed by atoms with Gasteiger partial charge in [-0.05, 0) is 99.2 Å². The average molecular weight is 865 g/mol. The molecule has 328 valence electrons. The molecule has 6 aromatic rings. The van der Waals surface area contributed by atoms with Crippen molar-refractivity contribution in [3.8, 4) is 0 Å². The second kappa shape index (κ2) is 18.0. The van der Waals surface area contributed by atoms with E-state index in [4.69, 9.17) is 11.5 Å². The Morgan fingerprint density at radius 2 is 0.968 bits per heavy atom. The van der Waals surface area contributed by atoms with Gasteiger partial charge in [-0.25, -0.2) is 9.97 Å². The minimum atomic E-state index is -4.49. The third-order valence-electron chi connectivity index (χ3n) is 10.8. The fourth-order valence-electron chi connectivity index (χ4n) is 7.81. The van der Waals surface area contributed by atoms with E-state index in [0.29, 0.717) is 22.2 Å². The second-order valence-electron chi connectivity index (χ2n) is 15.7. The average Bonchev–Trinajstić information content (AvgIpc) is 3.19. The molecular formula is C42H46F6N12O2. The number of nitrogens with two attached hydrogens (primary N) is 2. The topological polar surface area (TPSA) is 217 Å². The van der Waals surface area contributed by atoms with Gasteiger partial charge < -0.3 is 42.7 Å². The lowest BCUT2D eigenvalue weighted by atomic mass is 9.91. The highest BCUT2D eigenvalue weighted by molar-refractivity contribution is 5.92. The first-order valence-electron chi connectivity index (χ1n) is 20.2. The zero-order valence-electron chi connectivity index (χ0n) is 33.8. The molecule has 0 amide bonds. The number of rotatable bonds is 8. The highest BCUT2D eigenvalue weighted by Crippen LogP contribution is 2.35. The lowest BCUT2D eigenvalue weighted by molar-refractivity contribution is -0.138. The molecule has 2 fully saturated rings. The molecule has 62 heavy (non-hydrogen) atoms. The molecule has 0 saturated heterocycles. The van der Waals surface area contributed by atoms with E-state index in [1.54, 1.807) is 38.1 Å². The van der Waals surface area contributed by atoms with Crippen LogP contribution in [-0.2, 0) is 12.4 Å². The number of aryl methyl sites for hydroxylation is 2. The lowest BCUT2D eigenvalue weighted by Crippen LogP contribution is -2.43. The smallest absolute Gasteiger partial charge is 0.350 e. The van der Waals surface area contributed by atoms with Crippen molar-refractivity contribution in [2.75, 3.05) is 21.3 Å². The van der Waals surface area contributed by atoms with Gasteiger partial charge in [-0.15, -0.1) is 0 Å². The van der Waals surface area contributed by atoms with Crippen molar-refractivity contribution in [1.82, 2.24) is 29.9 Å². The van der Waals surface area contributed by atoms with Crippen LogP contribution in [0, 0.1) is 13.8 Å². The highest BCUT2D eigenvalue weighted by Gasteiger charge is 2.32. The Hall–Kier alpha value is -6.28. The van der Waals surface area contributed by atoms with Crippen molar-refractivity contribution < 1.29 is 26.3 Å². The molecule has 2 aromatic carbocycles. The number of aromatic amines is 2. The molecule has 0 spiro atoms. The predicted molar refractivity (Wildman–Crippen MR) is 227 cm³/mol. The number of pyridine rings is 2. The van der Waals surface area contributed by atoms with Crippen molar-refractivity contribution in [2.24, 2.45) is 11.5 Å². The van der Waals surface area contributed by atoms with Crippen LogP contribution in [0.5, 0.6) is 0 Å².